The van der Waals surface area contributed by atoms with E-state index in [-0.39, 0.29) is 11.3 Å². The van der Waals surface area contributed by atoms with Crippen molar-refractivity contribution in [2.24, 2.45) is 0 Å². The summed E-state index contributed by atoms with van der Waals surface area (Å²) in [5.74, 6) is 0.182. The standard InChI is InChI=1S/C13H19N3O3/c1-13(2)6-9(4-5-19-13)16-11-8-14-10(7-15-11)12(17)18-3/h7-9H,4-6H2,1-3H3,(H,15,16). The van der Waals surface area contributed by atoms with Crippen LogP contribution in [-0.4, -0.2) is 41.3 Å². The predicted molar refractivity (Wildman–Crippen MR) is 70.0 cm³/mol. The summed E-state index contributed by atoms with van der Waals surface area (Å²) in [6.45, 7) is 4.89. The number of hydrogen-bond donors (Lipinski definition) is 1. The fraction of sp³-hybridized carbons (Fsp3) is 0.615. The number of anilines is 1. The minimum atomic E-state index is -0.480. The Kier molecular flexibility index (Phi) is 3.99. The van der Waals surface area contributed by atoms with Crippen LogP contribution in [0.3, 0.4) is 0 Å². The zero-order valence-corrected chi connectivity index (χ0v) is 11.5. The van der Waals surface area contributed by atoms with E-state index in [1.54, 1.807) is 6.20 Å². The highest BCUT2D eigenvalue weighted by atomic mass is 16.5. The number of carbonyl (C=O) groups is 1. The Labute approximate surface area is 112 Å². The van der Waals surface area contributed by atoms with Crippen molar-refractivity contribution in [3.8, 4) is 0 Å². The molecule has 2 rings (SSSR count). The monoisotopic (exact) mass is 265 g/mol. The van der Waals surface area contributed by atoms with E-state index < -0.39 is 5.97 Å². The second-order valence-electron chi connectivity index (χ2n) is 5.22. The van der Waals surface area contributed by atoms with Gasteiger partial charge in [-0.25, -0.2) is 14.8 Å². The summed E-state index contributed by atoms with van der Waals surface area (Å²) < 4.78 is 10.2. The first kappa shape index (κ1) is 13.7. The zero-order valence-electron chi connectivity index (χ0n) is 11.5. The van der Waals surface area contributed by atoms with Crippen molar-refractivity contribution < 1.29 is 14.3 Å². The van der Waals surface area contributed by atoms with Gasteiger partial charge in [-0.3, -0.25) is 0 Å². The molecule has 104 valence electrons. The minimum absolute atomic E-state index is 0.116. The lowest BCUT2D eigenvalue weighted by atomic mass is 9.94. The maximum Gasteiger partial charge on any atom is 0.358 e. The molecule has 0 spiro atoms. The smallest absolute Gasteiger partial charge is 0.358 e. The Bertz CT molecular complexity index is 445. The average molecular weight is 265 g/mol. The molecule has 1 fully saturated rings. The van der Waals surface area contributed by atoms with Crippen LogP contribution in [0.5, 0.6) is 0 Å². The lowest BCUT2D eigenvalue weighted by molar-refractivity contribution is -0.0553. The van der Waals surface area contributed by atoms with E-state index in [1.165, 1.54) is 13.3 Å². The number of rotatable bonds is 3. The molecule has 6 heteroatoms. The lowest BCUT2D eigenvalue weighted by Crippen LogP contribution is -2.40. The molecule has 1 aromatic heterocycles. The van der Waals surface area contributed by atoms with Crippen LogP contribution in [-0.2, 0) is 9.47 Å². The molecule has 1 aromatic rings. The van der Waals surface area contributed by atoms with E-state index in [4.69, 9.17) is 4.74 Å². The molecule has 0 aliphatic carbocycles. The first-order valence-corrected chi connectivity index (χ1v) is 6.31. The van der Waals surface area contributed by atoms with E-state index in [0.717, 1.165) is 19.4 Å². The van der Waals surface area contributed by atoms with Gasteiger partial charge in [-0.05, 0) is 26.7 Å². The van der Waals surface area contributed by atoms with Crippen molar-refractivity contribution in [3.63, 3.8) is 0 Å². The molecule has 1 aliphatic rings. The van der Waals surface area contributed by atoms with Gasteiger partial charge in [-0.1, -0.05) is 0 Å². The molecule has 2 heterocycles. The van der Waals surface area contributed by atoms with Gasteiger partial charge >= 0.3 is 5.97 Å². The first-order chi connectivity index (χ1) is 9.00. The highest BCUT2D eigenvalue weighted by molar-refractivity contribution is 5.86. The van der Waals surface area contributed by atoms with Crippen LogP contribution in [0, 0.1) is 0 Å². The summed E-state index contributed by atoms with van der Waals surface area (Å²) in [6, 6.07) is 0.307. The van der Waals surface area contributed by atoms with Crippen molar-refractivity contribution in [3.05, 3.63) is 18.1 Å². The van der Waals surface area contributed by atoms with Crippen LogP contribution in [0.15, 0.2) is 12.4 Å². The van der Waals surface area contributed by atoms with E-state index in [9.17, 15) is 4.79 Å². The van der Waals surface area contributed by atoms with Gasteiger partial charge < -0.3 is 14.8 Å². The van der Waals surface area contributed by atoms with E-state index in [2.05, 4.69) is 33.9 Å². The minimum Gasteiger partial charge on any atom is -0.464 e. The number of carbonyl (C=O) groups excluding carboxylic acids is 1. The molecular formula is C13H19N3O3. The van der Waals surface area contributed by atoms with Gasteiger partial charge in [0.15, 0.2) is 5.69 Å². The summed E-state index contributed by atoms with van der Waals surface area (Å²) in [5.41, 5.74) is 0.0929. The second-order valence-corrected chi connectivity index (χ2v) is 5.22. The number of esters is 1. The third kappa shape index (κ3) is 3.64. The second kappa shape index (κ2) is 5.52. The van der Waals surface area contributed by atoms with Crippen molar-refractivity contribution in [2.45, 2.75) is 38.3 Å². The molecule has 0 bridgehead atoms. The van der Waals surface area contributed by atoms with Gasteiger partial charge in [-0.2, -0.15) is 0 Å². The predicted octanol–water partition coefficient (Wildman–Crippen LogP) is 1.63. The fourth-order valence-corrected chi connectivity index (χ4v) is 2.18. The molecule has 0 amide bonds. The number of aromatic nitrogens is 2. The highest BCUT2D eigenvalue weighted by Gasteiger charge is 2.28. The number of methoxy groups -OCH3 is 1. The molecule has 19 heavy (non-hydrogen) atoms. The summed E-state index contributed by atoms with van der Waals surface area (Å²) in [4.78, 5) is 19.4. The topological polar surface area (TPSA) is 73.3 Å². The Morgan fingerprint density at radius 3 is 2.84 bits per heavy atom. The normalized spacial score (nSPS) is 21.7. The van der Waals surface area contributed by atoms with Crippen molar-refractivity contribution >= 4 is 11.8 Å². The van der Waals surface area contributed by atoms with Crippen LogP contribution >= 0.6 is 0 Å². The van der Waals surface area contributed by atoms with Crippen LogP contribution in [0.1, 0.15) is 37.2 Å². The molecule has 1 N–H and O–H groups in total. The molecule has 1 atom stereocenters. The number of hydrogen-bond acceptors (Lipinski definition) is 6. The van der Waals surface area contributed by atoms with Gasteiger partial charge in [0.1, 0.15) is 5.82 Å². The summed E-state index contributed by atoms with van der Waals surface area (Å²) in [5, 5.41) is 3.31. The summed E-state index contributed by atoms with van der Waals surface area (Å²) >= 11 is 0. The molecule has 0 radical (unpaired) electrons. The molecule has 1 aliphatic heterocycles. The average Bonchev–Trinajstić information content (AvgIpc) is 2.37. The lowest BCUT2D eigenvalue weighted by Gasteiger charge is -2.35. The Morgan fingerprint density at radius 2 is 2.26 bits per heavy atom. The van der Waals surface area contributed by atoms with Crippen LogP contribution < -0.4 is 5.32 Å². The van der Waals surface area contributed by atoms with Crippen molar-refractivity contribution in [1.82, 2.24) is 9.97 Å². The Hall–Kier alpha value is -1.69. The van der Waals surface area contributed by atoms with Gasteiger partial charge in [0.05, 0.1) is 25.1 Å². The third-order valence-electron chi connectivity index (χ3n) is 3.10. The van der Waals surface area contributed by atoms with Gasteiger partial charge in [0, 0.05) is 12.6 Å². The van der Waals surface area contributed by atoms with E-state index >= 15 is 0 Å². The van der Waals surface area contributed by atoms with Crippen LogP contribution in [0.25, 0.3) is 0 Å². The first-order valence-electron chi connectivity index (χ1n) is 6.31. The molecule has 1 unspecified atom stereocenters. The number of nitrogens with zero attached hydrogens (tertiary/aromatic N) is 2. The molecule has 0 saturated carbocycles. The highest BCUT2D eigenvalue weighted by Crippen LogP contribution is 2.25. The van der Waals surface area contributed by atoms with Crippen LogP contribution in [0.4, 0.5) is 5.82 Å². The molecular weight excluding hydrogens is 246 g/mol. The molecule has 1 saturated heterocycles. The number of nitrogens with one attached hydrogen (secondary N) is 1. The van der Waals surface area contributed by atoms with Crippen LogP contribution in [0.2, 0.25) is 0 Å². The zero-order chi connectivity index (χ0) is 13.9. The Balaban J connectivity index is 1.98. The van der Waals surface area contributed by atoms with E-state index in [1.807, 2.05) is 0 Å². The maximum absolute atomic E-state index is 11.2. The maximum atomic E-state index is 11.2. The molecule has 0 aromatic carbocycles. The quantitative estimate of drug-likeness (QED) is 0.837. The van der Waals surface area contributed by atoms with E-state index in [0.29, 0.717) is 11.9 Å². The van der Waals surface area contributed by atoms with Gasteiger partial charge in [-0.15, -0.1) is 0 Å². The summed E-state index contributed by atoms with van der Waals surface area (Å²) in [7, 11) is 1.32. The fourth-order valence-electron chi connectivity index (χ4n) is 2.18. The Morgan fingerprint density at radius 1 is 1.47 bits per heavy atom. The number of ether oxygens (including phenoxy) is 2. The third-order valence-corrected chi connectivity index (χ3v) is 3.10. The van der Waals surface area contributed by atoms with Crippen molar-refractivity contribution in [1.29, 1.82) is 0 Å². The SMILES string of the molecule is COC(=O)c1cnc(NC2CCOC(C)(C)C2)cn1. The molecule has 6 nitrogen and oxygen atoms in total. The van der Waals surface area contributed by atoms with Gasteiger partial charge in [0.25, 0.3) is 0 Å². The van der Waals surface area contributed by atoms with Gasteiger partial charge in [0.2, 0.25) is 0 Å². The summed E-state index contributed by atoms with van der Waals surface area (Å²) in [6.07, 6.45) is 4.81. The van der Waals surface area contributed by atoms with Crippen molar-refractivity contribution in [2.75, 3.05) is 19.0 Å². The largest absolute Gasteiger partial charge is 0.464 e.